The van der Waals surface area contributed by atoms with Crippen molar-refractivity contribution in [2.45, 2.75) is 32.2 Å². The quantitative estimate of drug-likeness (QED) is 0.353. The minimum Gasteiger partial charge on any atom is -0.462 e. The Kier molecular flexibility index (Phi) is 7.88. The lowest BCUT2D eigenvalue weighted by atomic mass is 10.0. The highest BCUT2D eigenvalue weighted by molar-refractivity contribution is 5.99. The molecule has 9 nitrogen and oxygen atoms in total. The largest absolute Gasteiger partial charge is 0.462 e. The first kappa shape index (κ1) is 23.3. The number of likely N-dealkylation sites (tertiary alicyclic amines) is 1. The van der Waals surface area contributed by atoms with E-state index >= 15 is 0 Å². The molecule has 3 rings (SSSR count). The number of amides is 1. The average molecular weight is 441 g/mol. The summed E-state index contributed by atoms with van der Waals surface area (Å²) in [6.45, 7) is 4.42. The van der Waals surface area contributed by atoms with E-state index in [4.69, 9.17) is 4.74 Å². The SMILES string of the molecule is CCOC(=O)c1cc(C(=O)N(C)C2CCN(CCc3ccccn3)CC2)cc([N+](=O)[O-])c1. The molecule has 1 aliphatic rings. The maximum Gasteiger partial charge on any atom is 0.338 e. The second kappa shape index (κ2) is 10.8. The third kappa shape index (κ3) is 5.88. The van der Waals surface area contributed by atoms with Gasteiger partial charge in [-0.15, -0.1) is 0 Å². The van der Waals surface area contributed by atoms with Crippen LogP contribution in [-0.4, -0.2) is 70.9 Å². The molecule has 1 saturated heterocycles. The van der Waals surface area contributed by atoms with Gasteiger partial charge in [0, 0.05) is 68.7 Å². The fourth-order valence-corrected chi connectivity index (χ4v) is 3.89. The van der Waals surface area contributed by atoms with Gasteiger partial charge in [-0.2, -0.15) is 0 Å². The Labute approximate surface area is 187 Å². The molecular formula is C23H28N4O5. The molecule has 0 aliphatic carbocycles. The highest BCUT2D eigenvalue weighted by Crippen LogP contribution is 2.22. The van der Waals surface area contributed by atoms with Gasteiger partial charge in [0.05, 0.1) is 17.1 Å². The summed E-state index contributed by atoms with van der Waals surface area (Å²) in [4.78, 5) is 44.2. The lowest BCUT2D eigenvalue weighted by molar-refractivity contribution is -0.384. The molecule has 1 aromatic carbocycles. The monoisotopic (exact) mass is 440 g/mol. The summed E-state index contributed by atoms with van der Waals surface area (Å²) in [6, 6.07) is 9.64. The molecule has 1 aliphatic heterocycles. The number of carbonyl (C=O) groups is 2. The normalized spacial score (nSPS) is 14.7. The number of rotatable bonds is 8. The molecule has 1 aromatic heterocycles. The van der Waals surface area contributed by atoms with Crippen molar-refractivity contribution in [2.24, 2.45) is 0 Å². The van der Waals surface area contributed by atoms with Crippen molar-refractivity contribution in [2.75, 3.05) is 33.3 Å². The van der Waals surface area contributed by atoms with Crippen LogP contribution in [0.5, 0.6) is 0 Å². The number of piperidine rings is 1. The molecule has 0 N–H and O–H groups in total. The van der Waals surface area contributed by atoms with Crippen LogP contribution in [0.1, 0.15) is 46.2 Å². The van der Waals surface area contributed by atoms with Gasteiger partial charge >= 0.3 is 5.97 Å². The number of ether oxygens (including phenoxy) is 1. The number of aromatic nitrogens is 1. The topological polar surface area (TPSA) is 106 Å². The van der Waals surface area contributed by atoms with Crippen LogP contribution in [0.25, 0.3) is 0 Å². The van der Waals surface area contributed by atoms with Crippen LogP contribution >= 0.6 is 0 Å². The zero-order valence-corrected chi connectivity index (χ0v) is 18.4. The summed E-state index contributed by atoms with van der Waals surface area (Å²) in [5, 5.41) is 11.3. The van der Waals surface area contributed by atoms with E-state index in [-0.39, 0.29) is 35.4 Å². The van der Waals surface area contributed by atoms with E-state index in [0.29, 0.717) is 0 Å². The van der Waals surface area contributed by atoms with Crippen LogP contribution in [0.2, 0.25) is 0 Å². The number of nitrogens with zero attached hydrogens (tertiary/aromatic N) is 4. The number of hydrogen-bond acceptors (Lipinski definition) is 7. The molecule has 1 fully saturated rings. The zero-order valence-electron chi connectivity index (χ0n) is 18.4. The van der Waals surface area contributed by atoms with Crippen LogP contribution in [0.3, 0.4) is 0 Å². The smallest absolute Gasteiger partial charge is 0.338 e. The van der Waals surface area contributed by atoms with E-state index in [1.807, 2.05) is 18.2 Å². The van der Waals surface area contributed by atoms with Gasteiger partial charge in [-0.25, -0.2) is 4.79 Å². The number of nitro groups is 1. The fraction of sp³-hybridized carbons (Fsp3) is 0.435. The highest BCUT2D eigenvalue weighted by Gasteiger charge is 2.27. The minimum atomic E-state index is -0.686. The van der Waals surface area contributed by atoms with Crippen molar-refractivity contribution >= 4 is 17.6 Å². The predicted octanol–water partition coefficient (Wildman–Crippen LogP) is 2.95. The summed E-state index contributed by atoms with van der Waals surface area (Å²) in [7, 11) is 1.71. The molecule has 0 atom stereocenters. The standard InChI is InChI=1S/C23H28N4O5/c1-3-32-23(29)18-14-17(15-21(16-18)27(30)31)22(28)25(2)20-8-12-26(13-9-20)11-7-19-6-4-5-10-24-19/h4-6,10,14-16,20H,3,7-9,11-13H2,1-2H3. The molecule has 0 radical (unpaired) electrons. The third-order valence-electron chi connectivity index (χ3n) is 5.72. The Bertz CT molecular complexity index is 958. The molecule has 32 heavy (non-hydrogen) atoms. The molecule has 2 aromatic rings. The van der Waals surface area contributed by atoms with E-state index in [9.17, 15) is 19.7 Å². The Hall–Kier alpha value is -3.33. The van der Waals surface area contributed by atoms with Gasteiger partial charge in [0.25, 0.3) is 11.6 Å². The Balaban J connectivity index is 1.63. The fourth-order valence-electron chi connectivity index (χ4n) is 3.89. The lowest BCUT2D eigenvalue weighted by Crippen LogP contribution is -2.46. The van der Waals surface area contributed by atoms with Gasteiger partial charge in [-0.3, -0.25) is 19.9 Å². The average Bonchev–Trinajstić information content (AvgIpc) is 2.82. The van der Waals surface area contributed by atoms with E-state index in [1.165, 1.54) is 12.1 Å². The van der Waals surface area contributed by atoms with Crippen molar-refractivity contribution < 1.29 is 19.2 Å². The van der Waals surface area contributed by atoms with Crippen molar-refractivity contribution in [3.05, 3.63) is 69.5 Å². The molecule has 0 unspecified atom stereocenters. The molecule has 0 bridgehead atoms. The molecule has 9 heteroatoms. The van der Waals surface area contributed by atoms with Gasteiger partial charge < -0.3 is 14.5 Å². The summed E-state index contributed by atoms with van der Waals surface area (Å²) in [5.41, 5.74) is 0.867. The highest BCUT2D eigenvalue weighted by atomic mass is 16.6. The minimum absolute atomic E-state index is 0.00198. The molecule has 0 saturated carbocycles. The molecule has 2 heterocycles. The number of pyridine rings is 1. The van der Waals surface area contributed by atoms with Gasteiger partial charge in [0.2, 0.25) is 0 Å². The van der Waals surface area contributed by atoms with Gasteiger partial charge in [0.1, 0.15) is 0 Å². The Morgan fingerprint density at radius 1 is 1.22 bits per heavy atom. The van der Waals surface area contributed by atoms with Crippen LogP contribution in [0.15, 0.2) is 42.6 Å². The lowest BCUT2D eigenvalue weighted by Gasteiger charge is -2.36. The second-order valence-corrected chi connectivity index (χ2v) is 7.81. The first-order valence-corrected chi connectivity index (χ1v) is 10.7. The summed E-state index contributed by atoms with van der Waals surface area (Å²) in [6.07, 6.45) is 4.29. The molecule has 1 amide bonds. The first-order valence-electron chi connectivity index (χ1n) is 10.7. The number of hydrogen-bond donors (Lipinski definition) is 0. The van der Waals surface area contributed by atoms with E-state index in [2.05, 4.69) is 9.88 Å². The number of benzene rings is 1. The predicted molar refractivity (Wildman–Crippen MR) is 119 cm³/mol. The van der Waals surface area contributed by atoms with Crippen molar-refractivity contribution in [3.63, 3.8) is 0 Å². The van der Waals surface area contributed by atoms with Gasteiger partial charge in [-0.05, 0) is 38.0 Å². The summed E-state index contributed by atoms with van der Waals surface area (Å²) in [5.74, 6) is -1.03. The van der Waals surface area contributed by atoms with E-state index < -0.39 is 10.9 Å². The maximum atomic E-state index is 13.1. The number of esters is 1. The van der Waals surface area contributed by atoms with Crippen LogP contribution < -0.4 is 0 Å². The number of non-ortho nitro benzene ring substituents is 1. The molecule has 170 valence electrons. The zero-order chi connectivity index (χ0) is 23.1. The van der Waals surface area contributed by atoms with E-state index in [1.54, 1.807) is 25.1 Å². The van der Waals surface area contributed by atoms with Crippen molar-refractivity contribution in [1.82, 2.24) is 14.8 Å². The second-order valence-electron chi connectivity index (χ2n) is 7.81. The van der Waals surface area contributed by atoms with Crippen molar-refractivity contribution in [3.8, 4) is 0 Å². The summed E-state index contributed by atoms with van der Waals surface area (Å²) >= 11 is 0. The Morgan fingerprint density at radius 2 is 1.94 bits per heavy atom. The number of carbonyl (C=O) groups excluding carboxylic acids is 2. The van der Waals surface area contributed by atoms with Gasteiger partial charge in [-0.1, -0.05) is 6.07 Å². The first-order chi connectivity index (χ1) is 15.4. The third-order valence-corrected chi connectivity index (χ3v) is 5.72. The van der Waals surface area contributed by atoms with Gasteiger partial charge in [0.15, 0.2) is 0 Å². The van der Waals surface area contributed by atoms with E-state index in [0.717, 1.165) is 50.7 Å². The molecule has 0 spiro atoms. The maximum absolute atomic E-state index is 13.1. The van der Waals surface area contributed by atoms with Crippen LogP contribution in [0.4, 0.5) is 5.69 Å². The van der Waals surface area contributed by atoms with Crippen LogP contribution in [0, 0.1) is 10.1 Å². The summed E-state index contributed by atoms with van der Waals surface area (Å²) < 4.78 is 4.94. The van der Waals surface area contributed by atoms with Crippen LogP contribution in [-0.2, 0) is 11.2 Å². The van der Waals surface area contributed by atoms with Crippen molar-refractivity contribution in [1.29, 1.82) is 0 Å². The number of nitro benzene ring substituents is 1. The Morgan fingerprint density at radius 3 is 2.56 bits per heavy atom. The molecular weight excluding hydrogens is 412 g/mol.